The monoisotopic (exact) mass is 257 g/mol. The Kier molecular flexibility index (Phi) is 4.28. The van der Waals surface area contributed by atoms with Crippen LogP contribution in [0.2, 0.25) is 5.02 Å². The fourth-order valence-electron chi connectivity index (χ4n) is 1.31. The molecule has 7 heteroatoms. The van der Waals surface area contributed by atoms with Crippen LogP contribution in [0.25, 0.3) is 0 Å². The van der Waals surface area contributed by atoms with Gasteiger partial charge in [0.15, 0.2) is 0 Å². The maximum Gasteiger partial charge on any atom is 0.293 e. The van der Waals surface area contributed by atoms with E-state index in [-0.39, 0.29) is 22.3 Å². The van der Waals surface area contributed by atoms with E-state index in [0.717, 1.165) is 0 Å². The van der Waals surface area contributed by atoms with Crippen LogP contribution in [0.3, 0.4) is 0 Å². The lowest BCUT2D eigenvalue weighted by Gasteiger charge is -2.14. The van der Waals surface area contributed by atoms with Crippen LogP contribution < -0.4 is 10.6 Å². The topological polar surface area (TPSA) is 84.3 Å². The number of para-hydroxylation sites is 1. The normalized spacial score (nSPS) is 11.7. The maximum atomic E-state index is 11.3. The van der Waals surface area contributed by atoms with Crippen molar-refractivity contribution in [2.75, 3.05) is 12.4 Å². The number of carbonyl (C=O) groups excluding carboxylic acids is 1. The molecule has 2 N–H and O–H groups in total. The molecular weight excluding hydrogens is 246 g/mol. The highest BCUT2D eigenvalue weighted by Gasteiger charge is 2.20. The van der Waals surface area contributed by atoms with Crippen LogP contribution in [-0.2, 0) is 4.79 Å². The van der Waals surface area contributed by atoms with Crippen LogP contribution in [0.1, 0.15) is 6.92 Å². The molecule has 1 rings (SSSR count). The lowest BCUT2D eigenvalue weighted by atomic mass is 10.2. The number of nitrogens with zero attached hydrogens (tertiary/aromatic N) is 1. The first-order valence-corrected chi connectivity index (χ1v) is 5.26. The van der Waals surface area contributed by atoms with Crippen molar-refractivity contribution >= 4 is 28.9 Å². The number of benzene rings is 1. The standard InChI is InChI=1S/C10H12ClN3O3/c1-6(10(15)12-2)13-9-7(11)4-3-5-8(9)14(16)17/h3-6,13H,1-2H3,(H,12,15). The third kappa shape index (κ3) is 3.07. The summed E-state index contributed by atoms with van der Waals surface area (Å²) in [5.74, 6) is -0.279. The Balaban J connectivity index is 3.05. The van der Waals surface area contributed by atoms with E-state index in [2.05, 4.69) is 10.6 Å². The van der Waals surface area contributed by atoms with Gasteiger partial charge in [0, 0.05) is 13.1 Å². The number of nitrogens with one attached hydrogen (secondary N) is 2. The summed E-state index contributed by atoms with van der Waals surface area (Å²) in [4.78, 5) is 21.6. The van der Waals surface area contributed by atoms with Crippen molar-refractivity contribution in [3.05, 3.63) is 33.3 Å². The first-order valence-electron chi connectivity index (χ1n) is 4.88. The molecule has 0 saturated heterocycles. The minimum atomic E-state index is -0.612. The van der Waals surface area contributed by atoms with Gasteiger partial charge in [0.2, 0.25) is 5.91 Å². The quantitative estimate of drug-likeness (QED) is 0.636. The van der Waals surface area contributed by atoms with E-state index in [9.17, 15) is 14.9 Å². The van der Waals surface area contributed by atoms with E-state index in [1.54, 1.807) is 6.92 Å². The Labute approximate surface area is 103 Å². The maximum absolute atomic E-state index is 11.3. The van der Waals surface area contributed by atoms with E-state index < -0.39 is 11.0 Å². The van der Waals surface area contributed by atoms with Gasteiger partial charge < -0.3 is 10.6 Å². The third-order valence-electron chi connectivity index (χ3n) is 2.19. The first-order chi connectivity index (χ1) is 7.97. The number of amides is 1. The Bertz CT molecular complexity index is 450. The van der Waals surface area contributed by atoms with E-state index in [0.29, 0.717) is 0 Å². The number of hydrogen-bond donors (Lipinski definition) is 2. The van der Waals surface area contributed by atoms with Gasteiger partial charge >= 0.3 is 0 Å². The van der Waals surface area contributed by atoms with Crippen molar-refractivity contribution in [1.82, 2.24) is 5.32 Å². The second-order valence-corrected chi connectivity index (χ2v) is 3.78. The zero-order valence-electron chi connectivity index (χ0n) is 9.36. The number of hydrogen-bond acceptors (Lipinski definition) is 4. The van der Waals surface area contributed by atoms with Crippen molar-refractivity contribution in [2.45, 2.75) is 13.0 Å². The summed E-state index contributed by atoms with van der Waals surface area (Å²) in [7, 11) is 1.49. The van der Waals surface area contributed by atoms with Crippen LogP contribution in [0.4, 0.5) is 11.4 Å². The van der Waals surface area contributed by atoms with Gasteiger partial charge in [-0.1, -0.05) is 17.7 Å². The van der Waals surface area contributed by atoms with Gasteiger partial charge in [-0.05, 0) is 13.0 Å². The third-order valence-corrected chi connectivity index (χ3v) is 2.50. The molecule has 1 unspecified atom stereocenters. The average Bonchev–Trinajstić information content (AvgIpc) is 2.30. The van der Waals surface area contributed by atoms with Gasteiger partial charge in [-0.2, -0.15) is 0 Å². The largest absolute Gasteiger partial charge is 0.367 e. The lowest BCUT2D eigenvalue weighted by Crippen LogP contribution is -2.35. The second-order valence-electron chi connectivity index (χ2n) is 3.37. The van der Waals surface area contributed by atoms with Crippen LogP contribution in [0.15, 0.2) is 18.2 Å². The SMILES string of the molecule is CNC(=O)C(C)Nc1c(Cl)cccc1[N+](=O)[O-]. The highest BCUT2D eigenvalue weighted by atomic mass is 35.5. The summed E-state index contributed by atoms with van der Waals surface area (Å²) < 4.78 is 0. The summed E-state index contributed by atoms with van der Waals surface area (Å²) in [6, 6.07) is 3.72. The van der Waals surface area contributed by atoms with Crippen LogP contribution >= 0.6 is 11.6 Å². The highest BCUT2D eigenvalue weighted by molar-refractivity contribution is 6.33. The number of anilines is 1. The minimum Gasteiger partial charge on any atom is -0.367 e. The molecule has 0 radical (unpaired) electrons. The number of nitro groups is 1. The fraction of sp³-hybridized carbons (Fsp3) is 0.300. The fourth-order valence-corrected chi connectivity index (χ4v) is 1.53. The summed E-state index contributed by atoms with van der Waals surface area (Å²) in [5.41, 5.74) is -0.0106. The van der Waals surface area contributed by atoms with Crippen molar-refractivity contribution < 1.29 is 9.72 Å². The molecule has 92 valence electrons. The molecule has 0 aliphatic rings. The van der Waals surface area contributed by atoms with E-state index >= 15 is 0 Å². The Morgan fingerprint density at radius 1 is 1.53 bits per heavy atom. The van der Waals surface area contributed by atoms with Crippen molar-refractivity contribution in [3.8, 4) is 0 Å². The van der Waals surface area contributed by atoms with Crippen molar-refractivity contribution in [3.63, 3.8) is 0 Å². The Morgan fingerprint density at radius 2 is 2.18 bits per heavy atom. The van der Waals surface area contributed by atoms with Gasteiger partial charge in [-0.25, -0.2) is 0 Å². The van der Waals surface area contributed by atoms with Crippen LogP contribution in [0, 0.1) is 10.1 Å². The zero-order valence-corrected chi connectivity index (χ0v) is 10.1. The second kappa shape index (κ2) is 5.49. The molecule has 6 nitrogen and oxygen atoms in total. The molecular formula is C10H12ClN3O3. The van der Waals surface area contributed by atoms with E-state index in [1.807, 2.05) is 0 Å². The Hall–Kier alpha value is -1.82. The molecule has 17 heavy (non-hydrogen) atoms. The van der Waals surface area contributed by atoms with Gasteiger partial charge in [0.05, 0.1) is 9.95 Å². The summed E-state index contributed by atoms with van der Waals surface area (Å²) in [6.45, 7) is 1.59. The van der Waals surface area contributed by atoms with E-state index in [1.165, 1.54) is 25.2 Å². The molecule has 1 aromatic carbocycles. The molecule has 0 aliphatic carbocycles. The molecule has 0 bridgehead atoms. The van der Waals surface area contributed by atoms with Crippen molar-refractivity contribution in [2.24, 2.45) is 0 Å². The summed E-state index contributed by atoms with van der Waals surface area (Å²) >= 11 is 5.87. The number of likely N-dealkylation sites (N-methyl/N-ethyl adjacent to an activating group) is 1. The van der Waals surface area contributed by atoms with Gasteiger partial charge in [-0.15, -0.1) is 0 Å². The average molecular weight is 258 g/mol. The molecule has 0 fully saturated rings. The Morgan fingerprint density at radius 3 is 2.71 bits per heavy atom. The number of halogens is 1. The van der Waals surface area contributed by atoms with Crippen molar-refractivity contribution in [1.29, 1.82) is 0 Å². The van der Waals surface area contributed by atoms with Gasteiger partial charge in [-0.3, -0.25) is 14.9 Å². The number of nitro benzene ring substituents is 1. The smallest absolute Gasteiger partial charge is 0.293 e. The summed E-state index contributed by atoms with van der Waals surface area (Å²) in [6.07, 6.45) is 0. The molecule has 1 atom stereocenters. The molecule has 0 spiro atoms. The molecule has 0 aliphatic heterocycles. The van der Waals surface area contributed by atoms with Gasteiger partial charge in [0.1, 0.15) is 11.7 Å². The molecule has 0 heterocycles. The van der Waals surface area contributed by atoms with Crippen LogP contribution in [0.5, 0.6) is 0 Å². The molecule has 1 aromatic rings. The lowest BCUT2D eigenvalue weighted by molar-refractivity contribution is -0.384. The predicted octanol–water partition coefficient (Wildman–Crippen LogP) is 1.79. The minimum absolute atomic E-state index is 0.148. The molecule has 0 saturated carbocycles. The summed E-state index contributed by atoms with van der Waals surface area (Å²) in [5, 5.41) is 16.2. The number of rotatable bonds is 4. The molecule has 0 aromatic heterocycles. The van der Waals surface area contributed by atoms with Gasteiger partial charge in [0.25, 0.3) is 5.69 Å². The zero-order chi connectivity index (χ0) is 13.0. The molecule has 1 amide bonds. The predicted molar refractivity (Wildman–Crippen MR) is 65.3 cm³/mol. The van der Waals surface area contributed by atoms with Crippen LogP contribution in [-0.4, -0.2) is 23.9 Å². The number of carbonyl (C=O) groups is 1. The van der Waals surface area contributed by atoms with E-state index in [4.69, 9.17) is 11.6 Å². The highest BCUT2D eigenvalue weighted by Crippen LogP contribution is 2.32. The first kappa shape index (κ1) is 13.2.